The van der Waals surface area contributed by atoms with E-state index in [0.717, 1.165) is 5.56 Å². The number of carbonyl (C=O) groups is 2. The average molecular weight is 363 g/mol. The Morgan fingerprint density at radius 3 is 1.65 bits per heavy atom. The van der Waals surface area contributed by atoms with Gasteiger partial charge in [0.05, 0.1) is 0 Å². The van der Waals surface area contributed by atoms with E-state index in [0.29, 0.717) is 16.1 Å². The molecule has 26 heavy (non-hydrogen) atoms. The van der Waals surface area contributed by atoms with Crippen molar-refractivity contribution in [3.63, 3.8) is 0 Å². The molecule has 0 amide bonds. The molecule has 0 spiro atoms. The molecule has 0 bridgehead atoms. The van der Waals surface area contributed by atoms with Gasteiger partial charge < -0.3 is 4.74 Å². The van der Waals surface area contributed by atoms with Crippen LogP contribution in [0, 0.1) is 0 Å². The fraction of sp³-hybridized carbons (Fsp3) is 0.0909. The summed E-state index contributed by atoms with van der Waals surface area (Å²) >= 11 is 5.95. The molecule has 3 aromatic rings. The zero-order chi connectivity index (χ0) is 18.1. The number of Topliss-reactive ketones (excluding diaryl/α,β-unsaturated/α-hetero) is 2. The lowest BCUT2D eigenvalue weighted by Crippen LogP contribution is -2.35. The fourth-order valence-electron chi connectivity index (χ4n) is 3.15. The maximum Gasteiger partial charge on any atom is 0.224 e. The van der Waals surface area contributed by atoms with E-state index in [2.05, 4.69) is 0 Å². The molecule has 4 rings (SSSR count). The minimum absolute atomic E-state index is 0.327. The SMILES string of the molecule is O=C(c1ccccc1)C1(C(=O)c2ccccc2)O[C@@H]1c1ccc(Cl)cc1. The van der Waals surface area contributed by atoms with Gasteiger partial charge in [-0.3, -0.25) is 9.59 Å². The third-order valence-corrected chi connectivity index (χ3v) is 4.79. The number of halogens is 1. The second kappa shape index (κ2) is 6.52. The molecule has 0 aromatic heterocycles. The molecule has 0 radical (unpaired) electrons. The van der Waals surface area contributed by atoms with E-state index >= 15 is 0 Å². The van der Waals surface area contributed by atoms with Gasteiger partial charge in [0, 0.05) is 16.1 Å². The van der Waals surface area contributed by atoms with Crippen LogP contribution in [-0.4, -0.2) is 17.2 Å². The first kappa shape index (κ1) is 16.7. The van der Waals surface area contributed by atoms with Crippen molar-refractivity contribution in [2.45, 2.75) is 11.7 Å². The number of hydrogen-bond acceptors (Lipinski definition) is 3. The molecule has 0 N–H and O–H groups in total. The summed E-state index contributed by atoms with van der Waals surface area (Å²) in [6.07, 6.45) is -0.625. The normalized spacial score (nSPS) is 17.5. The van der Waals surface area contributed by atoms with Gasteiger partial charge in [0.2, 0.25) is 17.2 Å². The maximum absolute atomic E-state index is 13.2. The summed E-state index contributed by atoms with van der Waals surface area (Å²) in [6, 6.07) is 24.5. The minimum Gasteiger partial charge on any atom is -0.344 e. The fourth-order valence-corrected chi connectivity index (χ4v) is 3.27. The molecule has 1 fully saturated rings. The summed E-state index contributed by atoms with van der Waals surface area (Å²) in [4.78, 5) is 26.4. The van der Waals surface area contributed by atoms with E-state index in [1.165, 1.54) is 0 Å². The van der Waals surface area contributed by atoms with Crippen LogP contribution in [0.1, 0.15) is 32.4 Å². The first-order valence-corrected chi connectivity index (χ1v) is 8.64. The Morgan fingerprint density at radius 2 is 1.19 bits per heavy atom. The number of ketones is 2. The number of ether oxygens (including phenoxy) is 1. The van der Waals surface area contributed by atoms with Crippen molar-refractivity contribution in [2.24, 2.45) is 0 Å². The topological polar surface area (TPSA) is 46.7 Å². The Labute approximate surface area is 156 Å². The van der Waals surface area contributed by atoms with Gasteiger partial charge >= 0.3 is 0 Å². The monoisotopic (exact) mass is 362 g/mol. The van der Waals surface area contributed by atoms with Crippen molar-refractivity contribution >= 4 is 23.2 Å². The molecule has 1 heterocycles. The van der Waals surface area contributed by atoms with Gasteiger partial charge in [0.1, 0.15) is 6.10 Å². The zero-order valence-electron chi connectivity index (χ0n) is 13.8. The highest BCUT2D eigenvalue weighted by Crippen LogP contribution is 2.53. The second-order valence-corrected chi connectivity index (χ2v) is 6.61. The van der Waals surface area contributed by atoms with Gasteiger partial charge in [-0.2, -0.15) is 0 Å². The van der Waals surface area contributed by atoms with Crippen molar-refractivity contribution in [1.82, 2.24) is 0 Å². The summed E-state index contributed by atoms with van der Waals surface area (Å²) in [6.45, 7) is 0. The van der Waals surface area contributed by atoms with E-state index in [-0.39, 0.29) is 11.6 Å². The first-order chi connectivity index (χ1) is 12.6. The van der Waals surface area contributed by atoms with E-state index in [1.54, 1.807) is 72.8 Å². The van der Waals surface area contributed by atoms with Crippen molar-refractivity contribution in [2.75, 3.05) is 0 Å². The van der Waals surface area contributed by atoms with Crippen LogP contribution in [0.25, 0.3) is 0 Å². The van der Waals surface area contributed by atoms with Crippen molar-refractivity contribution in [3.05, 3.63) is 107 Å². The molecule has 0 unspecified atom stereocenters. The molecule has 3 nitrogen and oxygen atoms in total. The van der Waals surface area contributed by atoms with Gasteiger partial charge in [-0.05, 0) is 17.7 Å². The molecule has 3 aromatic carbocycles. The lowest BCUT2D eigenvalue weighted by atomic mass is 9.85. The van der Waals surface area contributed by atoms with Crippen LogP contribution >= 0.6 is 11.6 Å². The number of carbonyl (C=O) groups excluding carboxylic acids is 2. The average Bonchev–Trinajstić information content (AvgIpc) is 3.45. The van der Waals surface area contributed by atoms with E-state index in [1.807, 2.05) is 12.1 Å². The van der Waals surface area contributed by atoms with Crippen LogP contribution in [0.5, 0.6) is 0 Å². The highest BCUT2D eigenvalue weighted by atomic mass is 35.5. The highest BCUT2D eigenvalue weighted by molar-refractivity contribution is 6.30. The van der Waals surface area contributed by atoms with E-state index in [9.17, 15) is 9.59 Å². The number of epoxide rings is 1. The second-order valence-electron chi connectivity index (χ2n) is 6.18. The predicted molar refractivity (Wildman–Crippen MR) is 99.6 cm³/mol. The van der Waals surface area contributed by atoms with Gasteiger partial charge in [0.25, 0.3) is 0 Å². The molecule has 4 heteroatoms. The van der Waals surface area contributed by atoms with Crippen molar-refractivity contribution in [3.8, 4) is 0 Å². The molecular formula is C22H15ClO3. The molecule has 0 saturated carbocycles. The van der Waals surface area contributed by atoms with Crippen LogP contribution in [0.3, 0.4) is 0 Å². The summed E-state index contributed by atoms with van der Waals surface area (Å²) in [7, 11) is 0. The lowest BCUT2D eigenvalue weighted by molar-refractivity contribution is 0.0752. The van der Waals surface area contributed by atoms with Crippen LogP contribution in [0.15, 0.2) is 84.9 Å². The Bertz CT molecular complexity index is 898. The van der Waals surface area contributed by atoms with E-state index < -0.39 is 11.7 Å². The molecule has 128 valence electrons. The predicted octanol–water partition coefficient (Wildman–Crippen LogP) is 4.92. The van der Waals surface area contributed by atoms with Crippen LogP contribution in [0.4, 0.5) is 0 Å². The smallest absolute Gasteiger partial charge is 0.224 e. The summed E-state index contributed by atoms with van der Waals surface area (Å²) in [5.41, 5.74) is 0.126. The Hall–Kier alpha value is -2.75. The molecule has 1 atom stereocenters. The van der Waals surface area contributed by atoms with Crippen LogP contribution in [0.2, 0.25) is 5.02 Å². The van der Waals surface area contributed by atoms with Gasteiger partial charge in [0.15, 0.2) is 0 Å². The van der Waals surface area contributed by atoms with Crippen molar-refractivity contribution < 1.29 is 14.3 Å². The Kier molecular flexibility index (Phi) is 4.19. The molecule has 1 saturated heterocycles. The third kappa shape index (κ3) is 2.75. The molecular weight excluding hydrogens is 348 g/mol. The minimum atomic E-state index is -1.53. The molecule has 1 aliphatic rings. The highest BCUT2D eigenvalue weighted by Gasteiger charge is 2.68. The Morgan fingerprint density at radius 1 is 0.731 bits per heavy atom. The molecule has 0 aliphatic carbocycles. The quantitative estimate of drug-likeness (QED) is 0.368. The van der Waals surface area contributed by atoms with Gasteiger partial charge in [-0.25, -0.2) is 0 Å². The standard InChI is InChI=1S/C22H15ClO3/c23-18-13-11-17(12-14-18)21-22(26-21,19(24)15-7-3-1-4-8-15)20(25)16-9-5-2-6-10-16/h1-14,21H/t21-/m1/s1. The van der Waals surface area contributed by atoms with Gasteiger partial charge in [-0.15, -0.1) is 0 Å². The Balaban J connectivity index is 1.77. The number of hydrogen-bond donors (Lipinski definition) is 0. The third-order valence-electron chi connectivity index (χ3n) is 4.54. The lowest BCUT2D eigenvalue weighted by Gasteiger charge is -2.12. The molecule has 1 aliphatic heterocycles. The maximum atomic E-state index is 13.2. The van der Waals surface area contributed by atoms with Crippen LogP contribution < -0.4 is 0 Å². The van der Waals surface area contributed by atoms with Gasteiger partial charge in [-0.1, -0.05) is 84.4 Å². The first-order valence-electron chi connectivity index (χ1n) is 8.26. The number of rotatable bonds is 5. The van der Waals surface area contributed by atoms with Crippen LogP contribution in [-0.2, 0) is 4.74 Å². The van der Waals surface area contributed by atoms with Crippen molar-refractivity contribution in [1.29, 1.82) is 0 Å². The van der Waals surface area contributed by atoms with E-state index in [4.69, 9.17) is 16.3 Å². The summed E-state index contributed by atoms with van der Waals surface area (Å²) in [5, 5.41) is 0.587. The summed E-state index contributed by atoms with van der Waals surface area (Å²) in [5.74, 6) is -0.654. The number of benzene rings is 3. The zero-order valence-corrected chi connectivity index (χ0v) is 14.5. The summed E-state index contributed by atoms with van der Waals surface area (Å²) < 4.78 is 5.82. The largest absolute Gasteiger partial charge is 0.344 e.